The highest BCUT2D eigenvalue weighted by atomic mass is 16.7. The van der Waals surface area contributed by atoms with E-state index >= 15 is 0 Å². The molecule has 3 amide bonds. The van der Waals surface area contributed by atoms with Crippen LogP contribution < -0.4 is 15.5 Å². The van der Waals surface area contributed by atoms with E-state index in [1.807, 2.05) is 73.7 Å². The standard InChI is InChI=1S/C33H29N3O5/c1-33(40-17-18-41-33)24-15-16-28-27(20-24)29(32(39)36(28)21-22-9-4-2-5-10-22)31(38)35-26-14-8-11-23(19-26)30(37)34-25-12-6-3-7-13-25/h2-16,19-20,29H,17-18,21H2,1H3,(H,34,37)(H,35,38). The van der Waals surface area contributed by atoms with E-state index in [1.54, 1.807) is 41.3 Å². The highest BCUT2D eigenvalue weighted by Crippen LogP contribution is 2.42. The van der Waals surface area contributed by atoms with Gasteiger partial charge >= 0.3 is 0 Å². The molecule has 0 spiro atoms. The third-order valence-corrected chi connectivity index (χ3v) is 7.37. The van der Waals surface area contributed by atoms with E-state index in [0.29, 0.717) is 47.9 Å². The Morgan fingerprint density at radius 2 is 1.51 bits per heavy atom. The molecule has 2 heterocycles. The van der Waals surface area contributed by atoms with Gasteiger partial charge in [0, 0.05) is 28.2 Å². The van der Waals surface area contributed by atoms with E-state index in [1.165, 1.54) is 0 Å². The second-order valence-corrected chi connectivity index (χ2v) is 10.1. The molecule has 2 aliphatic heterocycles. The average Bonchev–Trinajstić information content (AvgIpc) is 3.55. The van der Waals surface area contributed by atoms with Gasteiger partial charge in [-0.25, -0.2) is 0 Å². The van der Waals surface area contributed by atoms with Gasteiger partial charge in [-0.3, -0.25) is 14.4 Å². The van der Waals surface area contributed by atoms with Crippen LogP contribution in [-0.4, -0.2) is 30.9 Å². The topological polar surface area (TPSA) is 97.0 Å². The quantitative estimate of drug-likeness (QED) is 0.301. The normalized spacial score (nSPS) is 17.2. The minimum atomic E-state index is -1.08. The number of hydrogen-bond acceptors (Lipinski definition) is 5. The zero-order chi connectivity index (χ0) is 28.4. The maximum atomic E-state index is 13.8. The molecule has 0 saturated carbocycles. The molecule has 206 valence electrons. The Kier molecular flexibility index (Phi) is 7.09. The van der Waals surface area contributed by atoms with Gasteiger partial charge in [-0.2, -0.15) is 0 Å². The molecule has 8 nitrogen and oxygen atoms in total. The Balaban J connectivity index is 1.28. The van der Waals surface area contributed by atoms with Crippen LogP contribution in [0.2, 0.25) is 0 Å². The molecular formula is C33H29N3O5. The largest absolute Gasteiger partial charge is 0.344 e. The summed E-state index contributed by atoms with van der Waals surface area (Å²) in [5, 5.41) is 5.71. The van der Waals surface area contributed by atoms with Gasteiger partial charge < -0.3 is 25.0 Å². The maximum absolute atomic E-state index is 13.8. The van der Waals surface area contributed by atoms with Crippen LogP contribution in [0.1, 0.15) is 39.9 Å². The summed E-state index contributed by atoms with van der Waals surface area (Å²) in [4.78, 5) is 42.0. The number of nitrogens with one attached hydrogen (secondary N) is 2. The van der Waals surface area contributed by atoms with E-state index < -0.39 is 17.6 Å². The summed E-state index contributed by atoms with van der Waals surface area (Å²) in [7, 11) is 0. The van der Waals surface area contributed by atoms with E-state index in [0.717, 1.165) is 11.1 Å². The molecule has 0 bridgehead atoms. The molecule has 2 aliphatic rings. The lowest BCUT2D eigenvalue weighted by Gasteiger charge is -2.24. The van der Waals surface area contributed by atoms with Gasteiger partial charge in [0.15, 0.2) is 5.79 Å². The Hall–Kier alpha value is -4.79. The summed E-state index contributed by atoms with van der Waals surface area (Å²) in [5.74, 6) is -3.15. The first-order valence-electron chi connectivity index (χ1n) is 13.5. The van der Waals surface area contributed by atoms with Crippen LogP contribution >= 0.6 is 0 Å². The van der Waals surface area contributed by atoms with Gasteiger partial charge in [-0.15, -0.1) is 0 Å². The SMILES string of the molecule is CC1(c2ccc3c(c2)C(C(=O)Nc2cccc(C(=O)Nc4ccccc4)c2)C(=O)N3Cc2ccccc2)OCCO1. The first-order valence-corrected chi connectivity index (χ1v) is 13.5. The molecule has 4 aromatic carbocycles. The third kappa shape index (κ3) is 5.35. The van der Waals surface area contributed by atoms with Gasteiger partial charge in [0.05, 0.1) is 19.8 Å². The molecule has 1 atom stereocenters. The number of carbonyl (C=O) groups excluding carboxylic acids is 3. The summed E-state index contributed by atoms with van der Waals surface area (Å²) in [6.45, 7) is 3.09. The van der Waals surface area contributed by atoms with Gasteiger partial charge in [0.1, 0.15) is 5.92 Å². The summed E-state index contributed by atoms with van der Waals surface area (Å²) in [5.41, 5.74) is 4.39. The smallest absolute Gasteiger partial charge is 0.255 e. The fraction of sp³-hybridized carbons (Fsp3) is 0.182. The zero-order valence-corrected chi connectivity index (χ0v) is 22.5. The van der Waals surface area contributed by atoms with Crippen LogP contribution in [0.5, 0.6) is 0 Å². The van der Waals surface area contributed by atoms with Crippen molar-refractivity contribution in [3.8, 4) is 0 Å². The lowest BCUT2D eigenvalue weighted by Crippen LogP contribution is -2.33. The second kappa shape index (κ2) is 11.0. The third-order valence-electron chi connectivity index (χ3n) is 7.37. The minimum absolute atomic E-state index is 0.307. The molecule has 1 unspecified atom stereocenters. The lowest BCUT2D eigenvalue weighted by atomic mass is 9.95. The second-order valence-electron chi connectivity index (χ2n) is 10.1. The molecule has 8 heteroatoms. The molecule has 4 aromatic rings. The molecule has 0 aromatic heterocycles. The first kappa shape index (κ1) is 26.4. The van der Waals surface area contributed by atoms with Crippen LogP contribution in [0.3, 0.4) is 0 Å². The molecule has 6 rings (SSSR count). The van der Waals surface area contributed by atoms with Crippen LogP contribution in [0.15, 0.2) is 103 Å². The molecule has 41 heavy (non-hydrogen) atoms. The van der Waals surface area contributed by atoms with E-state index in [4.69, 9.17) is 9.47 Å². The Morgan fingerprint density at radius 3 is 2.24 bits per heavy atom. The van der Waals surface area contributed by atoms with E-state index in [2.05, 4.69) is 10.6 Å². The fourth-order valence-corrected chi connectivity index (χ4v) is 5.26. The highest BCUT2D eigenvalue weighted by molar-refractivity contribution is 6.20. The molecule has 1 fully saturated rings. The lowest BCUT2D eigenvalue weighted by molar-refractivity contribution is -0.149. The molecule has 1 saturated heterocycles. The summed E-state index contributed by atoms with van der Waals surface area (Å²) in [6.07, 6.45) is 0. The number of rotatable bonds is 7. The van der Waals surface area contributed by atoms with Crippen LogP contribution in [0.25, 0.3) is 0 Å². The fourth-order valence-electron chi connectivity index (χ4n) is 5.26. The Labute approximate surface area is 237 Å². The van der Waals surface area contributed by atoms with Crippen molar-refractivity contribution in [2.75, 3.05) is 28.7 Å². The van der Waals surface area contributed by atoms with Gasteiger partial charge in [0.25, 0.3) is 5.91 Å². The number of amides is 3. The van der Waals surface area contributed by atoms with Crippen molar-refractivity contribution in [3.63, 3.8) is 0 Å². The van der Waals surface area contributed by atoms with Crippen molar-refractivity contribution in [2.45, 2.75) is 25.2 Å². The van der Waals surface area contributed by atoms with Crippen molar-refractivity contribution < 1.29 is 23.9 Å². The highest BCUT2D eigenvalue weighted by Gasteiger charge is 2.44. The van der Waals surface area contributed by atoms with Crippen LogP contribution in [0, 0.1) is 0 Å². The zero-order valence-electron chi connectivity index (χ0n) is 22.5. The predicted octanol–water partition coefficient (Wildman–Crippen LogP) is 5.43. The Bertz CT molecular complexity index is 1600. The van der Waals surface area contributed by atoms with Gasteiger partial charge in [-0.1, -0.05) is 60.7 Å². The Morgan fingerprint density at radius 1 is 0.829 bits per heavy atom. The first-order chi connectivity index (χ1) is 19.9. The number of fused-ring (bicyclic) bond motifs is 1. The number of benzene rings is 4. The summed E-state index contributed by atoms with van der Waals surface area (Å²) < 4.78 is 11.7. The van der Waals surface area contributed by atoms with E-state index in [9.17, 15) is 14.4 Å². The minimum Gasteiger partial charge on any atom is -0.344 e. The van der Waals surface area contributed by atoms with Crippen LogP contribution in [-0.2, 0) is 31.4 Å². The van der Waals surface area contributed by atoms with Crippen molar-refractivity contribution in [3.05, 3.63) is 125 Å². The number of ether oxygens (including phenoxy) is 2. The van der Waals surface area contributed by atoms with Crippen LogP contribution in [0.4, 0.5) is 17.1 Å². The number of nitrogens with zero attached hydrogens (tertiary/aromatic N) is 1. The summed E-state index contributed by atoms with van der Waals surface area (Å²) >= 11 is 0. The number of hydrogen-bond donors (Lipinski definition) is 2. The van der Waals surface area contributed by atoms with Gasteiger partial charge in [0.2, 0.25) is 11.8 Å². The van der Waals surface area contributed by atoms with Crippen molar-refractivity contribution in [2.24, 2.45) is 0 Å². The molecule has 2 N–H and O–H groups in total. The maximum Gasteiger partial charge on any atom is 0.255 e. The average molecular weight is 548 g/mol. The van der Waals surface area contributed by atoms with Gasteiger partial charge in [-0.05, 0) is 60.5 Å². The number of para-hydroxylation sites is 1. The number of anilines is 3. The van der Waals surface area contributed by atoms with E-state index in [-0.39, 0.29) is 11.8 Å². The van der Waals surface area contributed by atoms with Crippen molar-refractivity contribution in [1.29, 1.82) is 0 Å². The summed E-state index contributed by atoms with van der Waals surface area (Å²) in [6, 6.07) is 31.0. The molecule has 0 radical (unpaired) electrons. The monoisotopic (exact) mass is 547 g/mol. The predicted molar refractivity (Wildman–Crippen MR) is 156 cm³/mol. The van der Waals surface area contributed by atoms with Crippen molar-refractivity contribution >= 4 is 34.8 Å². The van der Waals surface area contributed by atoms with Crippen molar-refractivity contribution in [1.82, 2.24) is 0 Å². The number of carbonyl (C=O) groups is 3. The molecule has 0 aliphatic carbocycles. The molecular weight excluding hydrogens is 518 g/mol.